The van der Waals surface area contributed by atoms with Crippen LogP contribution in [0.25, 0.3) is 77.5 Å². The van der Waals surface area contributed by atoms with E-state index in [1.807, 2.05) is 0 Å². The third-order valence-corrected chi connectivity index (χ3v) is 14.5. The molecular weight excluding hydrogens is 783 g/mol. The van der Waals surface area contributed by atoms with Crippen LogP contribution < -0.4 is 4.90 Å². The number of nitrogens with zero attached hydrogens (tertiary/aromatic N) is 1. The van der Waals surface area contributed by atoms with Crippen molar-refractivity contribution in [3.8, 4) is 66.8 Å². The normalized spacial score (nSPS) is 13.8. The molecular formula is C64H49N. The Kier molecular flexibility index (Phi) is 8.94. The molecule has 0 aromatic heterocycles. The summed E-state index contributed by atoms with van der Waals surface area (Å²) in [5.41, 5.74) is 23.8. The monoisotopic (exact) mass is 831 g/mol. The minimum Gasteiger partial charge on any atom is -0.310 e. The Balaban J connectivity index is 0.922. The van der Waals surface area contributed by atoms with E-state index in [9.17, 15) is 0 Å². The molecule has 0 unspecified atom stereocenters. The lowest BCUT2D eigenvalue weighted by Crippen LogP contribution is -2.16. The van der Waals surface area contributed by atoms with Gasteiger partial charge in [0.05, 0.1) is 0 Å². The molecule has 65 heavy (non-hydrogen) atoms. The van der Waals surface area contributed by atoms with E-state index in [-0.39, 0.29) is 10.8 Å². The maximum Gasteiger partial charge on any atom is 0.0465 e. The van der Waals surface area contributed by atoms with Crippen LogP contribution in [0.3, 0.4) is 0 Å². The number of fused-ring (bicyclic) bond motifs is 7. The fourth-order valence-electron chi connectivity index (χ4n) is 10.9. The lowest BCUT2D eigenvalue weighted by Gasteiger charge is -2.28. The van der Waals surface area contributed by atoms with Crippen molar-refractivity contribution in [3.63, 3.8) is 0 Å². The van der Waals surface area contributed by atoms with E-state index in [0.29, 0.717) is 0 Å². The van der Waals surface area contributed by atoms with E-state index in [1.165, 1.54) is 99.8 Å². The number of hydrogen-bond acceptors (Lipinski definition) is 1. The second kappa shape index (κ2) is 14.9. The molecule has 0 aliphatic heterocycles. The third-order valence-electron chi connectivity index (χ3n) is 14.5. The molecule has 12 rings (SSSR count). The predicted molar refractivity (Wildman–Crippen MR) is 276 cm³/mol. The van der Waals surface area contributed by atoms with Crippen LogP contribution in [-0.4, -0.2) is 0 Å². The van der Waals surface area contributed by atoms with Crippen molar-refractivity contribution >= 4 is 27.8 Å². The molecule has 0 N–H and O–H groups in total. The smallest absolute Gasteiger partial charge is 0.0465 e. The lowest BCUT2D eigenvalue weighted by molar-refractivity contribution is 0.660. The van der Waals surface area contributed by atoms with Crippen LogP contribution in [0.2, 0.25) is 0 Å². The Morgan fingerprint density at radius 1 is 0.262 bits per heavy atom. The van der Waals surface area contributed by atoms with Crippen LogP contribution >= 0.6 is 0 Å². The van der Waals surface area contributed by atoms with Crippen LogP contribution in [0, 0.1) is 0 Å². The Morgan fingerprint density at radius 2 is 0.662 bits per heavy atom. The van der Waals surface area contributed by atoms with Gasteiger partial charge in [-0.3, -0.25) is 0 Å². The summed E-state index contributed by atoms with van der Waals surface area (Å²) >= 11 is 0. The highest BCUT2D eigenvalue weighted by atomic mass is 15.1. The van der Waals surface area contributed by atoms with Gasteiger partial charge in [-0.1, -0.05) is 204 Å². The maximum atomic E-state index is 2.44. The molecule has 0 saturated heterocycles. The summed E-state index contributed by atoms with van der Waals surface area (Å²) in [6.07, 6.45) is 0. The van der Waals surface area contributed by atoms with Gasteiger partial charge in [0.15, 0.2) is 0 Å². The third kappa shape index (κ3) is 6.37. The zero-order valence-corrected chi connectivity index (χ0v) is 37.3. The Labute approximate surface area is 383 Å². The van der Waals surface area contributed by atoms with Crippen LogP contribution in [0.5, 0.6) is 0 Å². The fraction of sp³-hybridized carbons (Fsp3) is 0.0938. The highest BCUT2D eigenvalue weighted by Gasteiger charge is 2.37. The maximum absolute atomic E-state index is 2.44. The standard InChI is InChI=1S/C64H49N/c1-63(2)59-20-11-10-18-55(59)56-36-29-48(39-60(56)63)46-27-33-51(34-28-46)65(50-31-25-45(26-32-50)44-23-21-43(22-24-44)42-13-6-5-7-14-42)52-35-38-58-57-37-30-49(40-61(57)64(3,4)62(58)41-52)54-19-12-16-47-15-8-9-17-53(47)54/h5-41H,1-4H3. The minimum absolute atomic E-state index is 0.0483. The van der Waals surface area contributed by atoms with Gasteiger partial charge >= 0.3 is 0 Å². The van der Waals surface area contributed by atoms with Gasteiger partial charge in [-0.25, -0.2) is 0 Å². The average molecular weight is 832 g/mol. The van der Waals surface area contributed by atoms with Gasteiger partial charge in [0, 0.05) is 27.9 Å². The summed E-state index contributed by atoms with van der Waals surface area (Å²) in [5.74, 6) is 0. The molecule has 0 heterocycles. The number of anilines is 3. The first-order valence-corrected chi connectivity index (χ1v) is 22.9. The summed E-state index contributed by atoms with van der Waals surface area (Å²) < 4.78 is 0. The van der Waals surface area contributed by atoms with Gasteiger partial charge in [0.1, 0.15) is 0 Å². The Morgan fingerprint density at radius 3 is 1.32 bits per heavy atom. The van der Waals surface area contributed by atoms with Crippen molar-refractivity contribution in [3.05, 3.63) is 247 Å². The SMILES string of the molecule is CC1(C)c2ccccc2-c2ccc(-c3ccc(N(c4ccc(-c5ccc(-c6ccccc6)cc5)cc4)c4ccc5c(c4)C(C)(C)c4cc(-c6cccc7ccccc67)ccc4-5)cc3)cc21. The summed E-state index contributed by atoms with van der Waals surface area (Å²) in [5, 5.41) is 2.55. The highest BCUT2D eigenvalue weighted by Crippen LogP contribution is 2.53. The molecule has 310 valence electrons. The van der Waals surface area contributed by atoms with E-state index in [0.717, 1.165) is 17.1 Å². The van der Waals surface area contributed by atoms with Gasteiger partial charge in [-0.15, -0.1) is 0 Å². The number of hydrogen-bond donors (Lipinski definition) is 0. The first kappa shape index (κ1) is 38.9. The Bertz CT molecular complexity index is 3440. The zero-order valence-electron chi connectivity index (χ0n) is 37.3. The van der Waals surface area contributed by atoms with Crippen LogP contribution in [-0.2, 0) is 10.8 Å². The molecule has 0 spiro atoms. The molecule has 10 aromatic rings. The number of rotatable bonds is 7. The average Bonchev–Trinajstić information content (AvgIpc) is 3.73. The van der Waals surface area contributed by atoms with E-state index in [1.54, 1.807) is 0 Å². The second-order valence-corrected chi connectivity index (χ2v) is 18.9. The van der Waals surface area contributed by atoms with Gasteiger partial charge in [0.2, 0.25) is 0 Å². The van der Waals surface area contributed by atoms with Gasteiger partial charge in [0.25, 0.3) is 0 Å². The lowest BCUT2D eigenvalue weighted by atomic mass is 9.81. The van der Waals surface area contributed by atoms with Crippen LogP contribution in [0.1, 0.15) is 49.9 Å². The van der Waals surface area contributed by atoms with Crippen molar-refractivity contribution in [1.82, 2.24) is 0 Å². The summed E-state index contributed by atoms with van der Waals surface area (Å²) in [4.78, 5) is 2.43. The molecule has 0 fully saturated rings. The molecule has 1 nitrogen and oxygen atoms in total. The van der Waals surface area contributed by atoms with Crippen LogP contribution in [0.15, 0.2) is 224 Å². The van der Waals surface area contributed by atoms with Crippen LogP contribution in [0.4, 0.5) is 17.1 Å². The molecule has 2 aliphatic rings. The van der Waals surface area contributed by atoms with Crippen molar-refractivity contribution in [2.75, 3.05) is 4.90 Å². The molecule has 2 aliphatic carbocycles. The van der Waals surface area contributed by atoms with Crippen molar-refractivity contribution < 1.29 is 0 Å². The Hall–Kier alpha value is -7.74. The fourth-order valence-corrected chi connectivity index (χ4v) is 10.9. The quantitative estimate of drug-likeness (QED) is 0.155. The highest BCUT2D eigenvalue weighted by molar-refractivity contribution is 5.98. The predicted octanol–water partition coefficient (Wildman–Crippen LogP) is 17.6. The van der Waals surface area contributed by atoms with Gasteiger partial charge in [-0.05, 0) is 148 Å². The molecule has 0 amide bonds. The summed E-state index contributed by atoms with van der Waals surface area (Å²) in [6.45, 7) is 9.49. The first-order valence-electron chi connectivity index (χ1n) is 22.9. The van der Waals surface area contributed by atoms with Crippen molar-refractivity contribution in [2.45, 2.75) is 38.5 Å². The molecule has 0 saturated carbocycles. The van der Waals surface area contributed by atoms with Crippen molar-refractivity contribution in [2.24, 2.45) is 0 Å². The summed E-state index contributed by atoms with van der Waals surface area (Å²) in [7, 11) is 0. The summed E-state index contributed by atoms with van der Waals surface area (Å²) in [6, 6.07) is 83.2. The zero-order chi connectivity index (χ0) is 43.9. The van der Waals surface area contributed by atoms with Gasteiger partial charge in [-0.2, -0.15) is 0 Å². The first-order chi connectivity index (χ1) is 31.7. The molecule has 0 atom stereocenters. The van der Waals surface area contributed by atoms with Gasteiger partial charge < -0.3 is 4.90 Å². The molecule has 10 aromatic carbocycles. The molecule has 0 bridgehead atoms. The minimum atomic E-state index is -0.201. The molecule has 0 radical (unpaired) electrons. The largest absolute Gasteiger partial charge is 0.310 e. The van der Waals surface area contributed by atoms with E-state index >= 15 is 0 Å². The van der Waals surface area contributed by atoms with E-state index < -0.39 is 0 Å². The van der Waals surface area contributed by atoms with Crippen molar-refractivity contribution in [1.29, 1.82) is 0 Å². The van der Waals surface area contributed by atoms with E-state index in [2.05, 4.69) is 257 Å². The number of benzene rings is 10. The second-order valence-electron chi connectivity index (χ2n) is 18.9. The molecule has 1 heteroatoms. The topological polar surface area (TPSA) is 3.24 Å². The van der Waals surface area contributed by atoms with E-state index in [4.69, 9.17) is 0 Å².